The van der Waals surface area contributed by atoms with Gasteiger partial charge in [-0.1, -0.05) is 38.1 Å². The summed E-state index contributed by atoms with van der Waals surface area (Å²) in [5, 5.41) is 9.37. The van der Waals surface area contributed by atoms with Crippen LogP contribution in [0.5, 0.6) is 11.5 Å². The van der Waals surface area contributed by atoms with Gasteiger partial charge in [-0.3, -0.25) is 9.69 Å². The number of carboxylic acid groups (broad SMARTS) is 1. The van der Waals surface area contributed by atoms with Crippen LogP contribution in [0.25, 0.3) is 0 Å². The summed E-state index contributed by atoms with van der Waals surface area (Å²) < 4.78 is 11.1. The summed E-state index contributed by atoms with van der Waals surface area (Å²) in [6, 6.07) is 14.7. The molecule has 0 radical (unpaired) electrons. The molecule has 2 aromatic rings. The highest BCUT2D eigenvalue weighted by Crippen LogP contribution is 2.39. The first kappa shape index (κ1) is 21.2. The molecule has 29 heavy (non-hydrogen) atoms. The average Bonchev–Trinajstić information content (AvgIpc) is 2.74. The summed E-state index contributed by atoms with van der Waals surface area (Å²) in [6.07, 6.45) is 1.32. The Morgan fingerprint density at radius 1 is 1.00 bits per heavy atom. The fourth-order valence-electron chi connectivity index (χ4n) is 4.10. The molecule has 1 aliphatic heterocycles. The lowest BCUT2D eigenvalue weighted by Gasteiger charge is -2.37. The minimum absolute atomic E-state index is 0.00631. The van der Waals surface area contributed by atoms with Crippen LogP contribution in [0, 0.1) is 5.92 Å². The number of hydrogen-bond donors (Lipinski definition) is 1. The number of nitrogens with zero attached hydrogens (tertiary/aromatic N) is 1. The first-order chi connectivity index (χ1) is 13.9. The maximum atomic E-state index is 11.4. The average molecular weight is 398 g/mol. The molecule has 0 aliphatic carbocycles. The van der Waals surface area contributed by atoms with Crippen LogP contribution in [0.3, 0.4) is 0 Å². The topological polar surface area (TPSA) is 59.0 Å². The minimum atomic E-state index is -0.690. The van der Waals surface area contributed by atoms with Crippen molar-refractivity contribution in [1.29, 1.82) is 0 Å². The number of carboxylic acids is 1. The highest BCUT2D eigenvalue weighted by atomic mass is 16.5. The smallest absolute Gasteiger partial charge is 0.306 e. The molecule has 5 nitrogen and oxygen atoms in total. The van der Waals surface area contributed by atoms with Crippen molar-refractivity contribution in [2.24, 2.45) is 5.92 Å². The van der Waals surface area contributed by atoms with Crippen molar-refractivity contribution in [3.05, 3.63) is 59.2 Å². The zero-order chi connectivity index (χ0) is 21.0. The summed E-state index contributed by atoms with van der Waals surface area (Å²) in [5.74, 6) is 1.06. The first-order valence-electron chi connectivity index (χ1n) is 10.2. The van der Waals surface area contributed by atoms with E-state index in [9.17, 15) is 9.90 Å². The van der Waals surface area contributed by atoms with Crippen molar-refractivity contribution < 1.29 is 19.4 Å². The Labute approximate surface area is 173 Å². The molecule has 0 amide bonds. The van der Waals surface area contributed by atoms with E-state index in [-0.39, 0.29) is 12.0 Å². The van der Waals surface area contributed by atoms with Crippen molar-refractivity contribution in [2.75, 3.05) is 27.3 Å². The van der Waals surface area contributed by atoms with Crippen molar-refractivity contribution in [3.63, 3.8) is 0 Å². The summed E-state index contributed by atoms with van der Waals surface area (Å²) >= 11 is 0. The number of ether oxygens (including phenoxy) is 2. The molecule has 1 aliphatic rings. The predicted molar refractivity (Wildman–Crippen MR) is 114 cm³/mol. The van der Waals surface area contributed by atoms with Gasteiger partial charge < -0.3 is 14.6 Å². The lowest BCUT2D eigenvalue weighted by molar-refractivity contribution is -0.143. The highest BCUT2D eigenvalue weighted by molar-refractivity contribution is 5.70. The third-order valence-electron chi connectivity index (χ3n) is 5.90. The molecule has 1 heterocycles. The molecule has 0 saturated carbocycles. The number of benzene rings is 2. The molecule has 0 bridgehead atoms. The van der Waals surface area contributed by atoms with E-state index >= 15 is 0 Å². The third kappa shape index (κ3) is 4.73. The highest BCUT2D eigenvalue weighted by Gasteiger charge is 2.31. The van der Waals surface area contributed by atoms with Crippen LogP contribution >= 0.6 is 0 Å². The zero-order valence-electron chi connectivity index (χ0n) is 17.7. The van der Waals surface area contributed by atoms with Crippen molar-refractivity contribution >= 4 is 5.97 Å². The van der Waals surface area contributed by atoms with Gasteiger partial charge in [0, 0.05) is 11.6 Å². The van der Waals surface area contributed by atoms with Gasteiger partial charge in [-0.25, -0.2) is 0 Å². The Kier molecular flexibility index (Phi) is 6.80. The second kappa shape index (κ2) is 9.31. The van der Waals surface area contributed by atoms with Crippen molar-refractivity contribution in [3.8, 4) is 11.5 Å². The van der Waals surface area contributed by atoms with Gasteiger partial charge in [-0.05, 0) is 55.1 Å². The summed E-state index contributed by atoms with van der Waals surface area (Å²) in [6.45, 7) is 5.86. The second-order valence-corrected chi connectivity index (χ2v) is 7.98. The van der Waals surface area contributed by atoms with Crippen LogP contribution in [0.1, 0.15) is 55.3 Å². The van der Waals surface area contributed by atoms with E-state index in [2.05, 4.69) is 49.1 Å². The van der Waals surface area contributed by atoms with Crippen LogP contribution in [0.4, 0.5) is 0 Å². The first-order valence-corrected chi connectivity index (χ1v) is 10.2. The molecule has 3 rings (SSSR count). The number of aliphatic carboxylic acids is 1. The number of hydrogen-bond acceptors (Lipinski definition) is 4. The van der Waals surface area contributed by atoms with Gasteiger partial charge >= 0.3 is 5.97 Å². The van der Waals surface area contributed by atoms with E-state index < -0.39 is 5.97 Å². The maximum absolute atomic E-state index is 11.4. The Hall–Kier alpha value is -2.53. The molecule has 1 saturated heterocycles. The fraction of sp³-hybridized carbons (Fsp3) is 0.458. The number of carbonyl (C=O) groups is 1. The Morgan fingerprint density at radius 2 is 1.62 bits per heavy atom. The predicted octanol–water partition coefficient (Wildman–Crippen LogP) is 4.71. The van der Waals surface area contributed by atoms with Gasteiger partial charge in [0.25, 0.3) is 0 Å². The zero-order valence-corrected chi connectivity index (χ0v) is 17.7. The van der Waals surface area contributed by atoms with Crippen LogP contribution in [-0.4, -0.2) is 43.3 Å². The van der Waals surface area contributed by atoms with Gasteiger partial charge in [0.1, 0.15) is 11.5 Å². The van der Waals surface area contributed by atoms with E-state index in [1.54, 1.807) is 14.2 Å². The molecular formula is C24H31NO4. The SMILES string of the molecule is COc1ccc(C(c2ccc(C(C)C)cc2)N2CCC(C(=O)O)CC2)c(OC)c1. The molecule has 0 spiro atoms. The lowest BCUT2D eigenvalue weighted by Crippen LogP contribution is -2.39. The molecule has 156 valence electrons. The molecule has 5 heteroatoms. The van der Waals surface area contributed by atoms with Crippen LogP contribution in [0.15, 0.2) is 42.5 Å². The largest absolute Gasteiger partial charge is 0.497 e. The maximum Gasteiger partial charge on any atom is 0.306 e. The summed E-state index contributed by atoms with van der Waals surface area (Å²) in [7, 11) is 3.32. The van der Waals surface area contributed by atoms with Gasteiger partial charge in [-0.2, -0.15) is 0 Å². The molecule has 2 aromatic carbocycles. The van der Waals surface area contributed by atoms with E-state index in [0.29, 0.717) is 18.8 Å². The number of piperidine rings is 1. The van der Waals surface area contributed by atoms with Gasteiger partial charge in [0.2, 0.25) is 0 Å². The minimum Gasteiger partial charge on any atom is -0.497 e. The molecule has 1 N–H and O–H groups in total. The Bertz CT molecular complexity index is 823. The monoisotopic (exact) mass is 397 g/mol. The fourth-order valence-corrected chi connectivity index (χ4v) is 4.10. The standard InChI is InChI=1S/C24H31NO4/c1-16(2)17-5-7-18(8-6-17)23(25-13-11-19(12-14-25)24(26)27)21-10-9-20(28-3)15-22(21)29-4/h5-10,15-16,19,23H,11-14H2,1-4H3,(H,26,27). The van der Waals surface area contributed by atoms with E-state index in [4.69, 9.17) is 9.47 Å². The summed E-state index contributed by atoms with van der Waals surface area (Å²) in [5.41, 5.74) is 3.56. The molecular weight excluding hydrogens is 366 g/mol. The molecule has 0 aromatic heterocycles. The number of methoxy groups -OCH3 is 2. The van der Waals surface area contributed by atoms with Gasteiger partial charge in [0.15, 0.2) is 0 Å². The van der Waals surface area contributed by atoms with E-state index in [0.717, 1.165) is 30.2 Å². The van der Waals surface area contributed by atoms with Crippen LogP contribution in [0.2, 0.25) is 0 Å². The lowest BCUT2D eigenvalue weighted by atomic mass is 9.90. The Morgan fingerprint density at radius 3 is 2.14 bits per heavy atom. The normalized spacial score (nSPS) is 16.6. The van der Waals surface area contributed by atoms with Crippen molar-refractivity contribution in [1.82, 2.24) is 4.90 Å². The van der Waals surface area contributed by atoms with Crippen molar-refractivity contribution in [2.45, 2.75) is 38.6 Å². The van der Waals surface area contributed by atoms with Crippen LogP contribution in [-0.2, 0) is 4.79 Å². The van der Waals surface area contributed by atoms with Gasteiger partial charge in [-0.15, -0.1) is 0 Å². The number of rotatable bonds is 7. The van der Waals surface area contributed by atoms with E-state index in [1.165, 1.54) is 11.1 Å². The van der Waals surface area contributed by atoms with Gasteiger partial charge in [0.05, 0.1) is 26.2 Å². The van der Waals surface area contributed by atoms with E-state index in [1.807, 2.05) is 12.1 Å². The Balaban J connectivity index is 1.99. The van der Waals surface area contributed by atoms with Crippen LogP contribution < -0.4 is 9.47 Å². The second-order valence-electron chi connectivity index (χ2n) is 7.98. The quantitative estimate of drug-likeness (QED) is 0.733. The molecule has 1 atom stereocenters. The molecule has 1 fully saturated rings. The summed E-state index contributed by atoms with van der Waals surface area (Å²) in [4.78, 5) is 13.8. The third-order valence-corrected chi connectivity index (χ3v) is 5.90. The number of likely N-dealkylation sites (tertiary alicyclic amines) is 1. The molecule has 1 unspecified atom stereocenters.